The zero-order valence-corrected chi connectivity index (χ0v) is 59.7. The van der Waals surface area contributed by atoms with Crippen LogP contribution in [0.5, 0.6) is 0 Å². The number of hydrogen-bond donors (Lipinski definition) is 6. The van der Waals surface area contributed by atoms with Gasteiger partial charge < -0.3 is 50.8 Å². The minimum absolute atomic E-state index is 0.00182. The van der Waals surface area contributed by atoms with E-state index in [2.05, 4.69) is 43.6 Å². The largest absolute Gasteiger partial charge is 0.389 e. The summed E-state index contributed by atoms with van der Waals surface area (Å²) in [6.07, 6.45) is 2.73. The minimum atomic E-state index is -1.74. The Morgan fingerprint density at radius 3 is 1.27 bits per heavy atom. The van der Waals surface area contributed by atoms with Crippen molar-refractivity contribution in [1.82, 2.24) is 40.0 Å². The molecule has 4 heterocycles. The van der Waals surface area contributed by atoms with Gasteiger partial charge in [-0.25, -0.2) is 17.6 Å². The Balaban J connectivity index is 0.000000271. The van der Waals surface area contributed by atoms with Crippen LogP contribution in [0.1, 0.15) is 116 Å². The number of likely N-dealkylation sites (N-methyl/N-ethyl adjacent to an activating group) is 2. The number of nitrogens with one attached hydrogen (secondary N) is 4. The molecule has 2 aliphatic rings. The van der Waals surface area contributed by atoms with Gasteiger partial charge in [-0.3, -0.25) is 19.0 Å². The highest BCUT2D eigenvalue weighted by Gasteiger charge is 2.63. The van der Waals surface area contributed by atoms with E-state index < -0.39 is 105 Å². The van der Waals surface area contributed by atoms with Gasteiger partial charge in [0.1, 0.15) is 34.1 Å². The molecule has 2 aromatic heterocycles. The van der Waals surface area contributed by atoms with Crippen molar-refractivity contribution >= 4 is 69.9 Å². The summed E-state index contributed by atoms with van der Waals surface area (Å²) in [6, 6.07) is 20.8. The summed E-state index contributed by atoms with van der Waals surface area (Å²) in [6.45, 7) is 21.1. The number of nitrogens with zero attached hydrogens (tertiary/aromatic N) is 8. The first kappa shape index (κ1) is 77.1. The molecular weight excluding hydrogens is 1320 g/mol. The Morgan fingerprint density at radius 2 is 0.958 bits per heavy atom. The summed E-state index contributed by atoms with van der Waals surface area (Å²) in [7, 11) is 7.46. The molecular formula is C70H88Cl4F4N12O6. The van der Waals surface area contributed by atoms with Crippen LogP contribution in [0.4, 0.5) is 29.2 Å². The van der Waals surface area contributed by atoms with Crippen molar-refractivity contribution in [1.29, 1.82) is 10.5 Å². The predicted octanol–water partition coefficient (Wildman–Crippen LogP) is 12.3. The zero-order chi connectivity index (χ0) is 71.2. The molecule has 18 nitrogen and oxygen atoms in total. The molecule has 0 saturated carbocycles. The van der Waals surface area contributed by atoms with Crippen molar-refractivity contribution in [3.8, 4) is 12.1 Å². The van der Waals surface area contributed by atoms with Crippen LogP contribution >= 0.6 is 46.4 Å². The minimum Gasteiger partial charge on any atom is -0.389 e. The van der Waals surface area contributed by atoms with Crippen molar-refractivity contribution < 1.29 is 46.8 Å². The SMILES string of the molecule is CN(C)C[C@H](O)COC(C)(C)Cn1ccc(NC(=O)[C@@H]2N[C@@H](CC(C)(C)C)[C@](C#N)(c3ccc(Cl)cc3F)[C@H]2c2cccc(Cl)c2F)n1.CN(C)C[C@H](O)COC(C)(C)Cn1ccc(NC(=O)[C@H]2N[C@H](CC(C)(C)C)[C@@](C#N)(c3ccc(Cl)cc3F)[C@@H]2c2cccc(Cl)c2F)n1. The molecule has 96 heavy (non-hydrogen) atoms. The summed E-state index contributed by atoms with van der Waals surface area (Å²) in [5, 5.41) is 63.6. The van der Waals surface area contributed by atoms with E-state index in [1.165, 1.54) is 60.7 Å². The maximum Gasteiger partial charge on any atom is 0.243 e. The van der Waals surface area contributed by atoms with Gasteiger partial charge in [-0.2, -0.15) is 20.7 Å². The molecule has 0 radical (unpaired) electrons. The van der Waals surface area contributed by atoms with Gasteiger partial charge in [-0.15, -0.1) is 0 Å². The highest BCUT2D eigenvalue weighted by molar-refractivity contribution is 6.31. The second-order valence-corrected chi connectivity index (χ2v) is 30.8. The summed E-state index contributed by atoms with van der Waals surface area (Å²) in [5.74, 6) is -6.21. The van der Waals surface area contributed by atoms with E-state index in [1.807, 2.05) is 107 Å². The van der Waals surface area contributed by atoms with E-state index in [1.54, 1.807) is 33.9 Å². The smallest absolute Gasteiger partial charge is 0.243 e. The fourth-order valence-corrected chi connectivity index (χ4v) is 13.7. The van der Waals surface area contributed by atoms with Crippen molar-refractivity contribution in [2.45, 2.75) is 165 Å². The third-order valence-corrected chi connectivity index (χ3v) is 17.9. The second kappa shape index (κ2) is 31.3. The Labute approximate surface area is 580 Å². The molecule has 520 valence electrons. The molecule has 10 atom stereocenters. The molecule has 2 saturated heterocycles. The lowest BCUT2D eigenvalue weighted by molar-refractivity contribution is -0.119. The summed E-state index contributed by atoms with van der Waals surface area (Å²) >= 11 is 24.7. The molecule has 0 spiro atoms. The van der Waals surface area contributed by atoms with Crippen LogP contribution in [0, 0.1) is 56.8 Å². The van der Waals surface area contributed by atoms with Crippen LogP contribution in [-0.2, 0) is 43.0 Å². The molecule has 26 heteroatoms. The molecule has 8 rings (SSSR count). The maximum absolute atomic E-state index is 15.9. The lowest BCUT2D eigenvalue weighted by Gasteiger charge is -2.37. The van der Waals surface area contributed by atoms with E-state index in [4.69, 9.17) is 55.9 Å². The van der Waals surface area contributed by atoms with E-state index in [-0.39, 0.29) is 78.0 Å². The number of aliphatic hydroxyl groups is 2. The number of amides is 2. The number of halogens is 8. The van der Waals surface area contributed by atoms with E-state index >= 15 is 17.6 Å². The fourth-order valence-electron chi connectivity index (χ4n) is 13.0. The number of anilines is 2. The van der Waals surface area contributed by atoms with Crippen molar-refractivity contribution in [2.24, 2.45) is 10.8 Å². The third kappa shape index (κ3) is 18.7. The van der Waals surface area contributed by atoms with Crippen LogP contribution < -0.4 is 21.3 Å². The van der Waals surface area contributed by atoms with Gasteiger partial charge in [0.2, 0.25) is 11.8 Å². The molecule has 6 aromatic rings. The van der Waals surface area contributed by atoms with Gasteiger partial charge in [0.25, 0.3) is 0 Å². The Bertz CT molecular complexity index is 3550. The average Bonchev–Trinajstić information content (AvgIpc) is 1.53. The highest BCUT2D eigenvalue weighted by atomic mass is 35.5. The van der Waals surface area contributed by atoms with Gasteiger partial charge in [-0.1, -0.05) is 124 Å². The summed E-state index contributed by atoms with van der Waals surface area (Å²) in [5.41, 5.74) is -5.62. The number of aliphatic hydroxyl groups excluding tert-OH is 2. The van der Waals surface area contributed by atoms with Crippen LogP contribution in [-0.4, -0.2) is 153 Å². The van der Waals surface area contributed by atoms with Crippen molar-refractivity contribution in [3.05, 3.63) is 163 Å². The lowest BCUT2D eigenvalue weighted by atomic mass is 9.62. The maximum atomic E-state index is 15.9. The van der Waals surface area contributed by atoms with Crippen molar-refractivity contribution in [3.63, 3.8) is 0 Å². The number of rotatable bonds is 24. The summed E-state index contributed by atoms with van der Waals surface area (Å²) in [4.78, 5) is 32.1. The summed E-state index contributed by atoms with van der Waals surface area (Å²) < 4.78 is 78.6. The molecule has 0 bridgehead atoms. The van der Waals surface area contributed by atoms with Crippen LogP contribution in [0.25, 0.3) is 0 Å². The van der Waals surface area contributed by atoms with Gasteiger partial charge in [0, 0.05) is 82.7 Å². The molecule has 2 fully saturated rings. The standard InChI is InChI=1S/2C35H44Cl2F2N6O3/c2*1-33(2,3)16-27-35(19-40,24-12-11-21(36)15-26(24)38)29(23-9-8-10-25(37)30(23)39)31(41-27)32(47)42-28-13-14-45(43-28)20-34(4,5)48-18-22(46)17-44(6)7/h2*8-15,22,27,29,31,41,46H,16-18,20H2,1-7H3,(H,42,43,47)/t22-,27+,29+,31-,35+;22-,27-,29-,31+,35-/m00/s1. The molecule has 2 amide bonds. The molecule has 0 unspecified atom stereocenters. The number of carbonyl (C=O) groups is 2. The van der Waals surface area contributed by atoms with Crippen molar-refractivity contribution in [2.75, 3.05) is 65.1 Å². The first-order valence-electron chi connectivity index (χ1n) is 31.5. The molecule has 2 aliphatic heterocycles. The number of hydrogen-bond acceptors (Lipinski definition) is 14. The number of carbonyl (C=O) groups excluding carboxylic acids is 2. The van der Waals surface area contributed by atoms with E-state index in [0.29, 0.717) is 39.0 Å². The molecule has 6 N–H and O–H groups in total. The Kier molecular flexibility index (Phi) is 25.2. The molecule has 4 aromatic carbocycles. The van der Waals surface area contributed by atoms with Gasteiger partial charge >= 0.3 is 0 Å². The number of nitriles is 2. The number of aromatic nitrogens is 4. The monoisotopic (exact) mass is 1410 g/mol. The zero-order valence-electron chi connectivity index (χ0n) is 56.6. The van der Waals surface area contributed by atoms with Crippen LogP contribution in [0.3, 0.4) is 0 Å². The number of benzene rings is 4. The lowest BCUT2D eigenvalue weighted by Crippen LogP contribution is -2.45. The predicted molar refractivity (Wildman–Crippen MR) is 366 cm³/mol. The Hall–Kier alpha value is -6.22. The first-order valence-corrected chi connectivity index (χ1v) is 33.0. The quantitative estimate of drug-likeness (QED) is 0.0310. The van der Waals surface area contributed by atoms with E-state index in [9.17, 15) is 30.3 Å². The van der Waals surface area contributed by atoms with E-state index in [0.717, 1.165) is 12.1 Å². The fraction of sp³-hybridized carbons (Fsp3) is 0.514. The second-order valence-electron chi connectivity index (χ2n) is 29.1. The number of ether oxygens (including phenoxy) is 2. The normalized spacial score (nSPS) is 22.1. The van der Waals surface area contributed by atoms with Gasteiger partial charge in [0.15, 0.2) is 11.6 Å². The average molecular weight is 1410 g/mol. The highest BCUT2D eigenvalue weighted by Crippen LogP contribution is 2.55. The van der Waals surface area contributed by atoms with Crippen LogP contribution in [0.2, 0.25) is 20.1 Å². The topological polar surface area (TPSA) is 231 Å². The first-order chi connectivity index (χ1) is 44.7. The van der Waals surface area contributed by atoms with Gasteiger partial charge in [0.05, 0.1) is 84.0 Å². The Morgan fingerprint density at radius 1 is 0.604 bits per heavy atom. The van der Waals surface area contributed by atoms with Gasteiger partial charge in [-0.05, 0) is 127 Å². The molecule has 0 aliphatic carbocycles. The van der Waals surface area contributed by atoms with Crippen LogP contribution in [0.15, 0.2) is 97.3 Å². The third-order valence-electron chi connectivity index (χ3n) is 16.8.